The summed E-state index contributed by atoms with van der Waals surface area (Å²) in [5.41, 5.74) is 0.263. The van der Waals surface area contributed by atoms with E-state index in [2.05, 4.69) is 31.2 Å². The molecule has 0 unspecified atom stereocenters. The van der Waals surface area contributed by atoms with Gasteiger partial charge in [-0.25, -0.2) is 14.8 Å². The highest BCUT2D eigenvalue weighted by molar-refractivity contribution is 9.10. The Bertz CT molecular complexity index is 629. The van der Waals surface area contributed by atoms with Crippen molar-refractivity contribution in [2.24, 2.45) is 0 Å². The molecule has 0 aromatic carbocycles. The summed E-state index contributed by atoms with van der Waals surface area (Å²) in [6.07, 6.45) is 0. The van der Waals surface area contributed by atoms with Crippen molar-refractivity contribution in [3.05, 3.63) is 44.6 Å². The maximum atomic E-state index is 11.8. The van der Waals surface area contributed by atoms with E-state index in [1.54, 1.807) is 18.2 Å². The predicted molar refractivity (Wildman–Crippen MR) is 72.2 cm³/mol. The lowest BCUT2D eigenvalue weighted by atomic mass is 10.3. The topological polar surface area (TPSA) is 92.2 Å². The first-order valence-electron chi connectivity index (χ1n) is 5.14. The molecule has 0 aliphatic rings. The summed E-state index contributed by atoms with van der Waals surface area (Å²) in [6.45, 7) is 0.172. The van der Waals surface area contributed by atoms with Gasteiger partial charge in [0.25, 0.3) is 5.91 Å². The van der Waals surface area contributed by atoms with Crippen LogP contribution in [0.25, 0.3) is 0 Å². The molecule has 2 rings (SSSR count). The molecular formula is C11H8BrN3O3S. The molecule has 1 amide bonds. The lowest BCUT2D eigenvalue weighted by Gasteiger charge is -2.02. The Morgan fingerprint density at radius 1 is 1.32 bits per heavy atom. The molecule has 0 atom stereocenters. The molecule has 0 saturated heterocycles. The van der Waals surface area contributed by atoms with E-state index >= 15 is 0 Å². The van der Waals surface area contributed by atoms with E-state index in [9.17, 15) is 9.59 Å². The maximum absolute atomic E-state index is 11.8. The highest BCUT2D eigenvalue weighted by Crippen LogP contribution is 2.10. The van der Waals surface area contributed by atoms with Crippen LogP contribution in [0.15, 0.2) is 28.2 Å². The fourth-order valence-electron chi connectivity index (χ4n) is 1.27. The van der Waals surface area contributed by atoms with E-state index in [4.69, 9.17) is 5.11 Å². The predicted octanol–water partition coefficient (Wildman–Crippen LogP) is 1.93. The third-order valence-electron chi connectivity index (χ3n) is 2.12. The van der Waals surface area contributed by atoms with Crippen LogP contribution in [0.4, 0.5) is 0 Å². The number of pyridine rings is 1. The summed E-state index contributed by atoms with van der Waals surface area (Å²) in [7, 11) is 0. The molecule has 0 radical (unpaired) electrons. The molecule has 6 nitrogen and oxygen atoms in total. The molecule has 19 heavy (non-hydrogen) atoms. The van der Waals surface area contributed by atoms with Gasteiger partial charge in [-0.2, -0.15) is 0 Å². The number of carboxylic acids is 1. The number of aromatic carboxylic acids is 1. The van der Waals surface area contributed by atoms with E-state index in [0.29, 0.717) is 9.61 Å². The van der Waals surface area contributed by atoms with E-state index in [1.165, 1.54) is 16.7 Å². The average molecular weight is 342 g/mol. The monoisotopic (exact) mass is 341 g/mol. The van der Waals surface area contributed by atoms with Gasteiger partial charge in [-0.1, -0.05) is 6.07 Å². The molecule has 0 bridgehead atoms. The van der Waals surface area contributed by atoms with Gasteiger partial charge in [0.15, 0.2) is 5.69 Å². The lowest BCUT2D eigenvalue weighted by Crippen LogP contribution is -2.23. The maximum Gasteiger partial charge on any atom is 0.355 e. The first-order valence-corrected chi connectivity index (χ1v) is 6.82. The zero-order valence-electron chi connectivity index (χ0n) is 9.46. The molecule has 0 spiro atoms. The summed E-state index contributed by atoms with van der Waals surface area (Å²) in [4.78, 5) is 30.3. The Labute approximate surface area is 120 Å². The summed E-state index contributed by atoms with van der Waals surface area (Å²) in [5, 5.41) is 13.3. The van der Waals surface area contributed by atoms with Crippen LogP contribution in [0.2, 0.25) is 0 Å². The molecule has 2 aromatic rings. The van der Waals surface area contributed by atoms with Crippen molar-refractivity contribution in [1.29, 1.82) is 0 Å². The van der Waals surface area contributed by atoms with Crippen LogP contribution in [0.1, 0.15) is 26.0 Å². The fourth-order valence-corrected chi connectivity index (χ4v) is 2.32. The highest BCUT2D eigenvalue weighted by atomic mass is 79.9. The van der Waals surface area contributed by atoms with Gasteiger partial charge in [-0.15, -0.1) is 11.3 Å². The Hall–Kier alpha value is -1.80. The van der Waals surface area contributed by atoms with E-state index in [-0.39, 0.29) is 23.8 Å². The average Bonchev–Trinajstić information content (AvgIpc) is 2.85. The summed E-state index contributed by atoms with van der Waals surface area (Å²) in [6, 6.07) is 5.01. The minimum Gasteiger partial charge on any atom is -0.476 e. The van der Waals surface area contributed by atoms with Gasteiger partial charge in [0.05, 0.1) is 6.54 Å². The van der Waals surface area contributed by atoms with Gasteiger partial charge >= 0.3 is 5.97 Å². The Kier molecular flexibility index (Phi) is 4.23. The molecule has 98 valence electrons. The number of carboxylic acid groups (broad SMARTS) is 1. The van der Waals surface area contributed by atoms with Crippen molar-refractivity contribution in [1.82, 2.24) is 15.3 Å². The smallest absolute Gasteiger partial charge is 0.355 e. The van der Waals surface area contributed by atoms with Crippen LogP contribution < -0.4 is 5.32 Å². The number of nitrogens with one attached hydrogen (secondary N) is 1. The summed E-state index contributed by atoms with van der Waals surface area (Å²) >= 11 is 4.36. The zero-order valence-corrected chi connectivity index (χ0v) is 11.9. The Balaban J connectivity index is 1.98. The minimum atomic E-state index is -1.08. The van der Waals surface area contributed by atoms with Crippen LogP contribution in [0, 0.1) is 0 Å². The second-order valence-electron chi connectivity index (χ2n) is 3.46. The molecule has 8 heteroatoms. The number of nitrogens with zero attached hydrogens (tertiary/aromatic N) is 2. The molecular weight excluding hydrogens is 334 g/mol. The van der Waals surface area contributed by atoms with E-state index in [1.807, 2.05) is 0 Å². The van der Waals surface area contributed by atoms with Crippen molar-refractivity contribution in [3.63, 3.8) is 0 Å². The van der Waals surface area contributed by atoms with Crippen LogP contribution >= 0.6 is 27.3 Å². The number of thiazole rings is 1. The van der Waals surface area contributed by atoms with Gasteiger partial charge in [0, 0.05) is 5.38 Å². The molecule has 0 aliphatic heterocycles. The fraction of sp³-hybridized carbons (Fsp3) is 0.0909. The molecule has 0 saturated carbocycles. The van der Waals surface area contributed by atoms with Crippen molar-refractivity contribution < 1.29 is 14.7 Å². The van der Waals surface area contributed by atoms with Crippen molar-refractivity contribution in [3.8, 4) is 0 Å². The van der Waals surface area contributed by atoms with Gasteiger partial charge < -0.3 is 10.4 Å². The van der Waals surface area contributed by atoms with Crippen LogP contribution in [0.5, 0.6) is 0 Å². The number of rotatable bonds is 4. The van der Waals surface area contributed by atoms with E-state index in [0.717, 1.165) is 0 Å². The van der Waals surface area contributed by atoms with Gasteiger partial charge in [0.2, 0.25) is 0 Å². The number of amides is 1. The van der Waals surface area contributed by atoms with Gasteiger partial charge in [-0.05, 0) is 28.1 Å². The normalized spacial score (nSPS) is 10.2. The first kappa shape index (κ1) is 13.6. The molecule has 2 heterocycles. The molecule has 0 aliphatic carbocycles. The minimum absolute atomic E-state index is 0.0187. The zero-order chi connectivity index (χ0) is 13.8. The third-order valence-corrected chi connectivity index (χ3v) is 3.41. The SMILES string of the molecule is O=C(O)c1csc(CNC(=O)c2cccc(Br)n2)n1. The number of hydrogen-bond acceptors (Lipinski definition) is 5. The number of carbonyl (C=O) groups excluding carboxylic acids is 1. The molecule has 2 N–H and O–H groups in total. The highest BCUT2D eigenvalue weighted by Gasteiger charge is 2.11. The Morgan fingerprint density at radius 3 is 2.74 bits per heavy atom. The number of hydrogen-bond donors (Lipinski definition) is 2. The van der Waals surface area contributed by atoms with Crippen molar-refractivity contribution >= 4 is 39.1 Å². The third kappa shape index (κ3) is 3.58. The lowest BCUT2D eigenvalue weighted by molar-refractivity contribution is 0.0691. The van der Waals surface area contributed by atoms with Crippen molar-refractivity contribution in [2.45, 2.75) is 6.54 Å². The number of halogens is 1. The largest absolute Gasteiger partial charge is 0.476 e. The standard InChI is InChI=1S/C11H8BrN3O3S/c12-8-3-1-2-6(14-8)10(16)13-4-9-15-7(5-19-9)11(17)18/h1-3,5H,4H2,(H,13,16)(H,17,18). The van der Waals surface area contributed by atoms with Gasteiger partial charge in [-0.3, -0.25) is 4.79 Å². The van der Waals surface area contributed by atoms with Crippen LogP contribution in [-0.4, -0.2) is 27.0 Å². The molecule has 0 fully saturated rings. The number of carbonyl (C=O) groups is 2. The summed E-state index contributed by atoms with van der Waals surface area (Å²) < 4.78 is 0.572. The first-order chi connectivity index (χ1) is 9.06. The van der Waals surface area contributed by atoms with Crippen LogP contribution in [0.3, 0.4) is 0 Å². The van der Waals surface area contributed by atoms with Gasteiger partial charge in [0.1, 0.15) is 15.3 Å². The van der Waals surface area contributed by atoms with Crippen LogP contribution in [-0.2, 0) is 6.54 Å². The Morgan fingerprint density at radius 2 is 2.11 bits per heavy atom. The number of aromatic nitrogens is 2. The van der Waals surface area contributed by atoms with E-state index < -0.39 is 5.97 Å². The second-order valence-corrected chi connectivity index (χ2v) is 5.21. The molecule has 2 aromatic heterocycles. The quantitative estimate of drug-likeness (QED) is 0.829. The summed E-state index contributed by atoms with van der Waals surface area (Å²) in [5.74, 6) is -1.42. The second kappa shape index (κ2) is 5.89. The van der Waals surface area contributed by atoms with Crippen molar-refractivity contribution in [2.75, 3.05) is 0 Å².